The quantitative estimate of drug-likeness (QED) is 0.921. The number of amides is 2. The second-order valence-electron chi connectivity index (χ2n) is 6.31. The summed E-state index contributed by atoms with van der Waals surface area (Å²) in [7, 11) is 0. The van der Waals surface area contributed by atoms with Crippen molar-refractivity contribution < 1.29 is 9.53 Å². The molecule has 0 aliphatic carbocycles. The maximum absolute atomic E-state index is 12.3. The van der Waals surface area contributed by atoms with Crippen molar-refractivity contribution in [3.05, 3.63) is 29.8 Å². The van der Waals surface area contributed by atoms with E-state index in [0.717, 1.165) is 51.2 Å². The van der Waals surface area contributed by atoms with Gasteiger partial charge in [0, 0.05) is 45.0 Å². The maximum atomic E-state index is 12.3. The Labute approximate surface area is 143 Å². The summed E-state index contributed by atoms with van der Waals surface area (Å²) in [6.45, 7) is 4.61. The van der Waals surface area contributed by atoms with E-state index in [1.165, 1.54) is 0 Å². The molecular formula is C18H24N4O2. The summed E-state index contributed by atoms with van der Waals surface area (Å²) in [6, 6.07) is 9.78. The molecule has 1 aromatic rings. The van der Waals surface area contributed by atoms with Crippen LogP contribution in [0.15, 0.2) is 24.3 Å². The smallest absolute Gasteiger partial charge is 0.317 e. The Morgan fingerprint density at radius 2 is 2.04 bits per heavy atom. The summed E-state index contributed by atoms with van der Waals surface area (Å²) in [6.07, 6.45) is 3.24. The van der Waals surface area contributed by atoms with Crippen molar-refractivity contribution in [1.29, 1.82) is 5.26 Å². The Balaban J connectivity index is 1.50. The van der Waals surface area contributed by atoms with Crippen molar-refractivity contribution in [2.45, 2.75) is 25.4 Å². The zero-order valence-electron chi connectivity index (χ0n) is 13.9. The average Bonchev–Trinajstić information content (AvgIpc) is 3.02. The molecule has 0 saturated carbocycles. The van der Waals surface area contributed by atoms with Crippen molar-refractivity contribution in [2.75, 3.05) is 44.2 Å². The lowest BCUT2D eigenvalue weighted by atomic mass is 10.2. The minimum atomic E-state index is 0.00665. The van der Waals surface area contributed by atoms with E-state index in [1.54, 1.807) is 0 Å². The lowest BCUT2D eigenvalue weighted by Gasteiger charge is -2.24. The van der Waals surface area contributed by atoms with Gasteiger partial charge in [-0.15, -0.1) is 0 Å². The van der Waals surface area contributed by atoms with Crippen LogP contribution >= 0.6 is 0 Å². The van der Waals surface area contributed by atoms with Crippen LogP contribution < -0.4 is 10.2 Å². The fourth-order valence-corrected chi connectivity index (χ4v) is 3.24. The second kappa shape index (κ2) is 8.02. The number of hydrogen-bond donors (Lipinski definition) is 1. The number of ether oxygens (including phenoxy) is 1. The molecule has 0 aromatic heterocycles. The van der Waals surface area contributed by atoms with Crippen LogP contribution in [0.2, 0.25) is 0 Å². The van der Waals surface area contributed by atoms with Gasteiger partial charge < -0.3 is 19.9 Å². The molecule has 2 saturated heterocycles. The Morgan fingerprint density at radius 1 is 1.21 bits per heavy atom. The van der Waals surface area contributed by atoms with Crippen molar-refractivity contribution in [1.82, 2.24) is 10.2 Å². The zero-order valence-corrected chi connectivity index (χ0v) is 13.9. The molecule has 1 atom stereocenters. The summed E-state index contributed by atoms with van der Waals surface area (Å²) < 4.78 is 5.54. The highest BCUT2D eigenvalue weighted by Crippen LogP contribution is 2.17. The number of carbonyl (C=O) groups is 1. The third-order valence-corrected chi connectivity index (χ3v) is 4.65. The topological polar surface area (TPSA) is 68.6 Å². The number of nitrogens with zero attached hydrogens (tertiary/aromatic N) is 3. The van der Waals surface area contributed by atoms with Gasteiger partial charge in [-0.05, 0) is 43.5 Å². The van der Waals surface area contributed by atoms with E-state index in [1.807, 2.05) is 29.2 Å². The molecule has 3 rings (SSSR count). The first-order chi connectivity index (χ1) is 11.8. The highest BCUT2D eigenvalue weighted by Gasteiger charge is 2.21. The number of nitriles is 1. The molecule has 1 aromatic carbocycles. The molecule has 0 radical (unpaired) electrons. The normalized spacial score (nSPS) is 21.2. The van der Waals surface area contributed by atoms with Gasteiger partial charge >= 0.3 is 6.03 Å². The van der Waals surface area contributed by atoms with Crippen LogP contribution in [0.4, 0.5) is 10.5 Å². The maximum Gasteiger partial charge on any atom is 0.317 e. The first kappa shape index (κ1) is 16.6. The number of carbonyl (C=O) groups excluding carboxylic acids is 1. The van der Waals surface area contributed by atoms with Crippen LogP contribution in [0, 0.1) is 11.3 Å². The number of anilines is 1. The van der Waals surface area contributed by atoms with E-state index in [2.05, 4.69) is 16.3 Å². The largest absolute Gasteiger partial charge is 0.376 e. The second-order valence-corrected chi connectivity index (χ2v) is 6.31. The fraction of sp³-hybridized carbons (Fsp3) is 0.556. The van der Waals surface area contributed by atoms with Gasteiger partial charge in [0.05, 0.1) is 17.7 Å². The fourth-order valence-electron chi connectivity index (χ4n) is 3.24. The Bertz CT molecular complexity index is 590. The highest BCUT2D eigenvalue weighted by atomic mass is 16.5. The van der Waals surface area contributed by atoms with E-state index in [4.69, 9.17) is 10.00 Å². The molecule has 24 heavy (non-hydrogen) atoms. The Hall–Kier alpha value is -2.26. The highest BCUT2D eigenvalue weighted by molar-refractivity contribution is 5.74. The van der Waals surface area contributed by atoms with Crippen molar-refractivity contribution >= 4 is 11.7 Å². The first-order valence-electron chi connectivity index (χ1n) is 8.66. The van der Waals surface area contributed by atoms with Gasteiger partial charge in [0.1, 0.15) is 0 Å². The zero-order chi connectivity index (χ0) is 16.8. The summed E-state index contributed by atoms with van der Waals surface area (Å²) in [5.74, 6) is 0. The van der Waals surface area contributed by atoms with E-state index in [0.29, 0.717) is 18.7 Å². The molecular weight excluding hydrogens is 304 g/mol. The van der Waals surface area contributed by atoms with E-state index < -0.39 is 0 Å². The number of nitrogens with one attached hydrogen (secondary N) is 1. The molecule has 2 fully saturated rings. The van der Waals surface area contributed by atoms with Crippen LogP contribution in [-0.4, -0.2) is 56.4 Å². The number of rotatable bonds is 3. The Morgan fingerprint density at radius 3 is 2.75 bits per heavy atom. The average molecular weight is 328 g/mol. The van der Waals surface area contributed by atoms with Gasteiger partial charge in [-0.25, -0.2) is 4.79 Å². The van der Waals surface area contributed by atoms with Gasteiger partial charge in [0.2, 0.25) is 0 Å². The molecule has 0 bridgehead atoms. The Kier molecular flexibility index (Phi) is 5.55. The number of benzene rings is 1. The molecule has 2 amide bonds. The minimum Gasteiger partial charge on any atom is -0.376 e. The van der Waals surface area contributed by atoms with Crippen LogP contribution in [-0.2, 0) is 4.74 Å². The van der Waals surface area contributed by atoms with Gasteiger partial charge in [-0.2, -0.15) is 5.26 Å². The predicted molar refractivity (Wildman–Crippen MR) is 91.9 cm³/mol. The molecule has 2 aliphatic rings. The molecule has 6 nitrogen and oxygen atoms in total. The van der Waals surface area contributed by atoms with Gasteiger partial charge in [-0.1, -0.05) is 0 Å². The monoisotopic (exact) mass is 328 g/mol. The number of hydrogen-bond acceptors (Lipinski definition) is 4. The van der Waals surface area contributed by atoms with Gasteiger partial charge in [0.25, 0.3) is 0 Å². The van der Waals surface area contributed by atoms with Gasteiger partial charge in [-0.3, -0.25) is 0 Å². The number of urea groups is 1. The van der Waals surface area contributed by atoms with Crippen LogP contribution in [0.25, 0.3) is 0 Å². The molecule has 2 aliphatic heterocycles. The molecule has 0 unspecified atom stereocenters. The van der Waals surface area contributed by atoms with E-state index in [9.17, 15) is 4.79 Å². The third-order valence-electron chi connectivity index (χ3n) is 4.65. The van der Waals surface area contributed by atoms with Crippen molar-refractivity contribution in [3.8, 4) is 6.07 Å². The lowest BCUT2D eigenvalue weighted by Crippen LogP contribution is -2.44. The molecule has 1 N–H and O–H groups in total. The summed E-state index contributed by atoms with van der Waals surface area (Å²) in [5, 5.41) is 11.9. The van der Waals surface area contributed by atoms with Gasteiger partial charge in [0.15, 0.2) is 0 Å². The SMILES string of the molecule is N#Cc1ccc(N2CCCN(C(=O)NC[C@H]3CCCO3)CC2)cc1. The molecule has 2 heterocycles. The lowest BCUT2D eigenvalue weighted by molar-refractivity contribution is 0.109. The molecule has 128 valence electrons. The standard InChI is InChI=1S/C18H24N4O2/c19-13-15-4-6-16(7-5-15)21-8-2-9-22(11-10-21)18(23)20-14-17-3-1-12-24-17/h4-7,17H,1-3,8-12,14H2,(H,20,23)/t17-/m1/s1. The first-order valence-corrected chi connectivity index (χ1v) is 8.66. The van der Waals surface area contributed by atoms with Crippen molar-refractivity contribution in [2.24, 2.45) is 0 Å². The van der Waals surface area contributed by atoms with Crippen LogP contribution in [0.3, 0.4) is 0 Å². The van der Waals surface area contributed by atoms with Crippen LogP contribution in [0.5, 0.6) is 0 Å². The molecule has 6 heteroatoms. The summed E-state index contributed by atoms with van der Waals surface area (Å²) in [4.78, 5) is 16.5. The third kappa shape index (κ3) is 4.18. The van der Waals surface area contributed by atoms with E-state index >= 15 is 0 Å². The summed E-state index contributed by atoms with van der Waals surface area (Å²) >= 11 is 0. The minimum absolute atomic E-state index is 0.00665. The summed E-state index contributed by atoms with van der Waals surface area (Å²) in [5.41, 5.74) is 1.78. The predicted octanol–water partition coefficient (Wildman–Crippen LogP) is 1.96. The molecule has 0 spiro atoms. The van der Waals surface area contributed by atoms with Crippen LogP contribution in [0.1, 0.15) is 24.8 Å². The van der Waals surface area contributed by atoms with Crippen molar-refractivity contribution in [3.63, 3.8) is 0 Å². The van der Waals surface area contributed by atoms with E-state index in [-0.39, 0.29) is 12.1 Å².